The third kappa shape index (κ3) is 3.85. The molecule has 7 N–H and O–H groups in total. The molecule has 11 heteroatoms. The van der Waals surface area contributed by atoms with Crippen molar-refractivity contribution in [2.45, 2.75) is 60.1 Å². The van der Waals surface area contributed by atoms with Crippen molar-refractivity contribution < 1.29 is 50.0 Å². The average Bonchev–Trinajstić information content (AvgIpc) is 2.55. The topological polar surface area (TPSA) is 169 Å². The highest BCUT2D eigenvalue weighted by Crippen LogP contribution is 2.30. The Bertz CT molecular complexity index is 383. The zero-order chi connectivity index (χ0) is 17.3. The summed E-state index contributed by atoms with van der Waals surface area (Å²) in [6, 6.07) is 0. The van der Waals surface area contributed by atoms with Crippen LogP contribution in [-0.4, -0.2) is 109 Å². The molecule has 10 atom stereocenters. The van der Waals surface area contributed by atoms with Gasteiger partial charge in [0.1, 0.15) is 42.7 Å². The van der Waals surface area contributed by atoms with E-state index in [-0.39, 0.29) is 0 Å². The maximum Gasteiger partial charge on any atom is 0.187 e. The highest BCUT2D eigenvalue weighted by atomic mass is 79.9. The zero-order valence-electron chi connectivity index (χ0n) is 11.9. The molecule has 2 aliphatic rings. The van der Waals surface area contributed by atoms with Crippen LogP contribution in [0.1, 0.15) is 0 Å². The molecule has 2 fully saturated rings. The molecular weight excluding hydrogens is 384 g/mol. The number of alkyl halides is 1. The van der Waals surface area contributed by atoms with E-state index in [9.17, 15) is 30.6 Å². The molecule has 0 aromatic rings. The second-order valence-corrected chi connectivity index (χ2v) is 6.54. The maximum absolute atomic E-state index is 10.1. The predicted molar refractivity (Wildman–Crippen MR) is 75.3 cm³/mol. The number of hydrogen-bond donors (Lipinski definition) is 7. The van der Waals surface area contributed by atoms with Crippen LogP contribution < -0.4 is 0 Å². The van der Waals surface area contributed by atoms with E-state index in [1.807, 2.05) is 0 Å². The second kappa shape index (κ2) is 7.97. The quantitative estimate of drug-likeness (QED) is 0.229. The Morgan fingerprint density at radius 3 is 1.96 bits per heavy atom. The summed E-state index contributed by atoms with van der Waals surface area (Å²) in [5.74, 6) is 0. The third-order valence-corrected chi connectivity index (χ3v) is 4.93. The van der Waals surface area contributed by atoms with E-state index in [1.165, 1.54) is 0 Å². The van der Waals surface area contributed by atoms with Crippen LogP contribution in [0.3, 0.4) is 0 Å². The van der Waals surface area contributed by atoms with Gasteiger partial charge < -0.3 is 50.0 Å². The van der Waals surface area contributed by atoms with Crippen molar-refractivity contribution in [3.8, 4) is 0 Å². The number of aliphatic hydroxyl groups is 7. The van der Waals surface area contributed by atoms with Gasteiger partial charge >= 0.3 is 0 Å². The van der Waals surface area contributed by atoms with Crippen LogP contribution in [-0.2, 0) is 14.2 Å². The molecule has 1 unspecified atom stereocenters. The standard InChI is InChI=1S/C12H21BrO10/c13-5-7(17)10(4(2-15)21-11(5)20)23-12-9(19)8(18)6(16)3(1-14)22-12/h3-12,14-20H,1-2H2/t3-,4-,5+,6+,7-,8+,9-,10-,11?,12+/m1/s1. The zero-order valence-corrected chi connectivity index (χ0v) is 13.5. The first-order valence-electron chi connectivity index (χ1n) is 7.04. The third-order valence-electron chi connectivity index (χ3n) is 3.94. The lowest BCUT2D eigenvalue weighted by Crippen LogP contribution is -2.63. The Balaban J connectivity index is 2.11. The molecule has 136 valence electrons. The van der Waals surface area contributed by atoms with Gasteiger partial charge in [-0.3, -0.25) is 0 Å². The molecule has 0 spiro atoms. The molecule has 2 heterocycles. The van der Waals surface area contributed by atoms with E-state index >= 15 is 0 Å². The van der Waals surface area contributed by atoms with Crippen molar-refractivity contribution in [3.63, 3.8) is 0 Å². The van der Waals surface area contributed by atoms with Crippen molar-refractivity contribution >= 4 is 15.9 Å². The summed E-state index contributed by atoms with van der Waals surface area (Å²) in [6.07, 6.45) is -12.5. The Morgan fingerprint density at radius 2 is 1.39 bits per heavy atom. The number of halogens is 1. The van der Waals surface area contributed by atoms with Crippen molar-refractivity contribution in [2.75, 3.05) is 13.2 Å². The Hall–Kier alpha value is 0.0800. The summed E-state index contributed by atoms with van der Waals surface area (Å²) in [5.41, 5.74) is 0. The largest absolute Gasteiger partial charge is 0.394 e. The first kappa shape index (κ1) is 19.4. The number of rotatable bonds is 4. The highest BCUT2D eigenvalue weighted by Gasteiger charge is 2.49. The minimum atomic E-state index is -1.65. The van der Waals surface area contributed by atoms with Crippen molar-refractivity contribution in [2.24, 2.45) is 0 Å². The van der Waals surface area contributed by atoms with Crippen LogP contribution in [0.15, 0.2) is 0 Å². The predicted octanol–water partition coefficient (Wildman–Crippen LogP) is -3.99. The van der Waals surface area contributed by atoms with Crippen LogP contribution in [0.2, 0.25) is 0 Å². The Morgan fingerprint density at radius 1 is 0.783 bits per heavy atom. The van der Waals surface area contributed by atoms with E-state index < -0.39 is 73.3 Å². The molecule has 0 aromatic heterocycles. The monoisotopic (exact) mass is 404 g/mol. The fourth-order valence-corrected chi connectivity index (χ4v) is 2.98. The minimum Gasteiger partial charge on any atom is -0.394 e. The summed E-state index contributed by atoms with van der Waals surface area (Å²) in [6.45, 7) is -1.21. The first-order chi connectivity index (χ1) is 10.8. The lowest BCUT2D eigenvalue weighted by molar-refractivity contribution is -0.340. The van der Waals surface area contributed by atoms with E-state index in [4.69, 9.17) is 19.3 Å². The molecule has 10 nitrogen and oxygen atoms in total. The smallest absolute Gasteiger partial charge is 0.187 e. The summed E-state index contributed by atoms with van der Waals surface area (Å²) >= 11 is 3.02. The van der Waals surface area contributed by atoms with Gasteiger partial charge in [0.25, 0.3) is 0 Å². The normalized spacial score (nSPS) is 51.7. The van der Waals surface area contributed by atoms with Crippen LogP contribution in [0.25, 0.3) is 0 Å². The maximum atomic E-state index is 10.1. The van der Waals surface area contributed by atoms with Gasteiger partial charge in [0.2, 0.25) is 0 Å². The molecule has 0 amide bonds. The molecule has 2 aliphatic heterocycles. The van der Waals surface area contributed by atoms with E-state index in [0.29, 0.717) is 0 Å². The lowest BCUT2D eigenvalue weighted by atomic mass is 9.98. The first-order valence-corrected chi connectivity index (χ1v) is 7.95. The number of hydrogen-bond acceptors (Lipinski definition) is 10. The Kier molecular flexibility index (Phi) is 6.73. The Labute approximate surface area is 140 Å². The van der Waals surface area contributed by atoms with Gasteiger partial charge in [-0.2, -0.15) is 0 Å². The molecule has 0 radical (unpaired) electrons. The van der Waals surface area contributed by atoms with Crippen LogP contribution in [0, 0.1) is 0 Å². The van der Waals surface area contributed by atoms with Gasteiger partial charge in [0, 0.05) is 0 Å². The molecule has 0 aliphatic carbocycles. The summed E-state index contributed by atoms with van der Waals surface area (Å²) in [7, 11) is 0. The SMILES string of the molecule is OC[C@H]1O[C@@H](O[C@H]2[C@H](O)[C@H](Br)C(O)O[C@@H]2CO)[C@H](O)[C@@H](O)[C@H]1O. The molecule has 2 rings (SSSR count). The van der Waals surface area contributed by atoms with Gasteiger partial charge in [0.05, 0.1) is 18.0 Å². The minimum absolute atomic E-state index is 0.587. The molecular formula is C12H21BrO10. The summed E-state index contributed by atoms with van der Waals surface area (Å²) in [5, 5.41) is 67.5. The van der Waals surface area contributed by atoms with Crippen LogP contribution in [0.5, 0.6) is 0 Å². The van der Waals surface area contributed by atoms with Crippen molar-refractivity contribution in [3.05, 3.63) is 0 Å². The fourth-order valence-electron chi connectivity index (χ4n) is 2.55. The fraction of sp³-hybridized carbons (Fsp3) is 1.00. The van der Waals surface area contributed by atoms with Crippen LogP contribution >= 0.6 is 15.9 Å². The van der Waals surface area contributed by atoms with Gasteiger partial charge in [-0.1, -0.05) is 15.9 Å². The van der Waals surface area contributed by atoms with Gasteiger partial charge in [0.15, 0.2) is 12.6 Å². The second-order valence-electron chi connectivity index (χ2n) is 5.48. The molecule has 0 aromatic carbocycles. The number of ether oxygens (including phenoxy) is 3. The molecule has 2 saturated heterocycles. The van der Waals surface area contributed by atoms with Gasteiger partial charge in [-0.25, -0.2) is 0 Å². The summed E-state index contributed by atoms with van der Waals surface area (Å²) in [4.78, 5) is -0.916. The average molecular weight is 405 g/mol. The van der Waals surface area contributed by atoms with E-state index in [0.717, 1.165) is 0 Å². The van der Waals surface area contributed by atoms with Crippen molar-refractivity contribution in [1.29, 1.82) is 0 Å². The number of aliphatic hydroxyl groups excluding tert-OH is 7. The molecule has 0 saturated carbocycles. The van der Waals surface area contributed by atoms with Gasteiger partial charge in [-0.15, -0.1) is 0 Å². The van der Waals surface area contributed by atoms with E-state index in [2.05, 4.69) is 15.9 Å². The molecule has 23 heavy (non-hydrogen) atoms. The van der Waals surface area contributed by atoms with Gasteiger partial charge in [-0.05, 0) is 0 Å². The molecule has 0 bridgehead atoms. The highest BCUT2D eigenvalue weighted by molar-refractivity contribution is 9.09. The lowest BCUT2D eigenvalue weighted by Gasteiger charge is -2.45. The van der Waals surface area contributed by atoms with E-state index in [1.54, 1.807) is 0 Å². The van der Waals surface area contributed by atoms with Crippen LogP contribution in [0.4, 0.5) is 0 Å². The van der Waals surface area contributed by atoms with Crippen molar-refractivity contribution in [1.82, 2.24) is 0 Å². The summed E-state index contributed by atoms with van der Waals surface area (Å²) < 4.78 is 15.7.